The fraction of sp³-hybridized carbons (Fsp3) is 0.278. The van der Waals surface area contributed by atoms with Crippen LogP contribution in [0.3, 0.4) is 0 Å². The molecule has 2 aromatic rings. The number of anilines is 2. The van der Waals surface area contributed by atoms with Crippen LogP contribution < -0.4 is 10.2 Å². The largest absolute Gasteiger partial charge is 0.326 e. The first-order chi connectivity index (χ1) is 10.7. The predicted octanol–water partition coefficient (Wildman–Crippen LogP) is 5.18. The van der Waals surface area contributed by atoms with Gasteiger partial charge in [0.1, 0.15) is 0 Å². The van der Waals surface area contributed by atoms with E-state index in [9.17, 15) is 4.79 Å². The van der Waals surface area contributed by atoms with Gasteiger partial charge in [-0.3, -0.25) is 4.90 Å². The van der Waals surface area contributed by atoms with Crippen molar-refractivity contribution in [2.24, 2.45) is 5.92 Å². The Labute approximate surface area is 135 Å². The van der Waals surface area contributed by atoms with Crippen LogP contribution >= 0.6 is 11.6 Å². The number of hydrogen-bond acceptors (Lipinski definition) is 1. The molecule has 4 heteroatoms. The van der Waals surface area contributed by atoms with Crippen molar-refractivity contribution >= 4 is 29.0 Å². The molecule has 0 aromatic heterocycles. The minimum Gasteiger partial charge on any atom is -0.306 e. The lowest BCUT2D eigenvalue weighted by atomic mass is 10.1. The molecule has 1 aliphatic rings. The van der Waals surface area contributed by atoms with Gasteiger partial charge in [-0.05, 0) is 49.9 Å². The summed E-state index contributed by atoms with van der Waals surface area (Å²) < 4.78 is 0. The highest BCUT2D eigenvalue weighted by Crippen LogP contribution is 2.37. The van der Waals surface area contributed by atoms with Gasteiger partial charge in [-0.25, -0.2) is 4.79 Å². The first kappa shape index (κ1) is 14.9. The Bertz CT molecular complexity index is 655. The number of nitrogens with one attached hydrogen (secondary N) is 1. The van der Waals surface area contributed by atoms with Crippen molar-refractivity contribution in [2.75, 3.05) is 10.2 Å². The normalized spacial score (nSPS) is 15.2. The SMILES string of the molecule is C[C@@H](C1CC1)N(C(=O)Nc1ccccc1Cl)c1ccccc1. The third-order valence-corrected chi connectivity index (χ3v) is 4.41. The summed E-state index contributed by atoms with van der Waals surface area (Å²) in [7, 11) is 0. The van der Waals surface area contributed by atoms with Gasteiger partial charge in [-0.2, -0.15) is 0 Å². The third kappa shape index (κ3) is 3.25. The summed E-state index contributed by atoms with van der Waals surface area (Å²) in [5.41, 5.74) is 1.55. The summed E-state index contributed by atoms with van der Waals surface area (Å²) >= 11 is 6.14. The fourth-order valence-corrected chi connectivity index (χ4v) is 2.84. The van der Waals surface area contributed by atoms with E-state index in [1.54, 1.807) is 6.07 Å². The van der Waals surface area contributed by atoms with Gasteiger partial charge < -0.3 is 5.32 Å². The second kappa shape index (κ2) is 6.41. The molecule has 2 amide bonds. The standard InChI is InChI=1S/C18H19ClN2O/c1-13(14-11-12-14)21(15-7-3-2-4-8-15)18(22)20-17-10-6-5-9-16(17)19/h2-10,13-14H,11-12H2,1H3,(H,20,22)/t13-/m0/s1. The maximum Gasteiger partial charge on any atom is 0.326 e. The van der Waals surface area contributed by atoms with E-state index in [0.717, 1.165) is 5.69 Å². The predicted molar refractivity (Wildman–Crippen MR) is 91.6 cm³/mol. The number of para-hydroxylation sites is 2. The van der Waals surface area contributed by atoms with Crippen LogP contribution in [0.15, 0.2) is 54.6 Å². The van der Waals surface area contributed by atoms with Crippen LogP contribution in [0.25, 0.3) is 0 Å². The van der Waals surface area contributed by atoms with E-state index >= 15 is 0 Å². The lowest BCUT2D eigenvalue weighted by molar-refractivity contribution is 0.254. The lowest BCUT2D eigenvalue weighted by Gasteiger charge is -2.29. The Morgan fingerprint density at radius 3 is 2.41 bits per heavy atom. The molecule has 0 radical (unpaired) electrons. The molecule has 0 saturated heterocycles. The molecule has 114 valence electrons. The number of rotatable bonds is 4. The summed E-state index contributed by atoms with van der Waals surface area (Å²) in [6, 6.07) is 17.1. The zero-order valence-electron chi connectivity index (χ0n) is 12.5. The quantitative estimate of drug-likeness (QED) is 0.828. The van der Waals surface area contributed by atoms with Crippen molar-refractivity contribution in [2.45, 2.75) is 25.8 Å². The van der Waals surface area contributed by atoms with Crippen LogP contribution in [0, 0.1) is 5.92 Å². The van der Waals surface area contributed by atoms with Crippen LogP contribution in [0.5, 0.6) is 0 Å². The molecule has 2 aromatic carbocycles. The first-order valence-corrected chi connectivity index (χ1v) is 7.94. The van der Waals surface area contributed by atoms with Gasteiger partial charge in [0.2, 0.25) is 0 Å². The molecule has 1 aliphatic carbocycles. The molecule has 1 atom stereocenters. The Morgan fingerprint density at radius 2 is 1.77 bits per heavy atom. The van der Waals surface area contributed by atoms with Gasteiger partial charge >= 0.3 is 6.03 Å². The van der Waals surface area contributed by atoms with Crippen molar-refractivity contribution in [1.29, 1.82) is 0 Å². The van der Waals surface area contributed by atoms with Gasteiger partial charge in [-0.15, -0.1) is 0 Å². The minimum atomic E-state index is -0.140. The molecule has 3 nitrogen and oxygen atoms in total. The molecule has 3 rings (SSSR count). The maximum absolute atomic E-state index is 12.8. The van der Waals surface area contributed by atoms with E-state index in [1.807, 2.05) is 53.4 Å². The number of amides is 2. The van der Waals surface area contributed by atoms with Crippen LogP contribution in [-0.4, -0.2) is 12.1 Å². The number of halogens is 1. The van der Waals surface area contributed by atoms with Gasteiger partial charge in [0.25, 0.3) is 0 Å². The van der Waals surface area contributed by atoms with E-state index in [2.05, 4.69) is 12.2 Å². The van der Waals surface area contributed by atoms with Crippen LogP contribution in [0.2, 0.25) is 5.02 Å². The molecule has 22 heavy (non-hydrogen) atoms. The Kier molecular flexibility index (Phi) is 4.34. The van der Waals surface area contributed by atoms with Gasteiger partial charge in [0.15, 0.2) is 0 Å². The van der Waals surface area contributed by atoms with E-state index in [0.29, 0.717) is 16.6 Å². The highest BCUT2D eigenvalue weighted by molar-refractivity contribution is 6.33. The van der Waals surface area contributed by atoms with Gasteiger partial charge in [0, 0.05) is 11.7 Å². The summed E-state index contributed by atoms with van der Waals surface area (Å²) in [5, 5.41) is 3.47. The zero-order chi connectivity index (χ0) is 15.5. The van der Waals surface area contributed by atoms with Crippen molar-refractivity contribution in [1.82, 2.24) is 0 Å². The second-order valence-corrected chi connectivity index (χ2v) is 6.10. The number of hydrogen-bond donors (Lipinski definition) is 1. The highest BCUT2D eigenvalue weighted by atomic mass is 35.5. The summed E-state index contributed by atoms with van der Waals surface area (Å²) in [6.45, 7) is 2.11. The number of carbonyl (C=O) groups excluding carboxylic acids is 1. The zero-order valence-corrected chi connectivity index (χ0v) is 13.3. The van der Waals surface area contributed by atoms with E-state index in [1.165, 1.54) is 12.8 Å². The first-order valence-electron chi connectivity index (χ1n) is 7.56. The van der Waals surface area contributed by atoms with E-state index in [-0.39, 0.29) is 12.1 Å². The summed E-state index contributed by atoms with van der Waals surface area (Å²) in [6.07, 6.45) is 2.37. The second-order valence-electron chi connectivity index (χ2n) is 5.69. The van der Waals surface area contributed by atoms with E-state index < -0.39 is 0 Å². The fourth-order valence-electron chi connectivity index (χ4n) is 2.65. The number of benzene rings is 2. The molecular formula is C18H19ClN2O. The molecule has 0 aliphatic heterocycles. The lowest BCUT2D eigenvalue weighted by Crippen LogP contribution is -2.42. The average molecular weight is 315 g/mol. The highest BCUT2D eigenvalue weighted by Gasteiger charge is 2.35. The smallest absolute Gasteiger partial charge is 0.306 e. The Hall–Kier alpha value is -2.00. The number of nitrogens with zero attached hydrogens (tertiary/aromatic N) is 1. The van der Waals surface area contributed by atoms with E-state index in [4.69, 9.17) is 11.6 Å². The van der Waals surface area contributed by atoms with Crippen LogP contribution in [-0.2, 0) is 0 Å². The third-order valence-electron chi connectivity index (χ3n) is 4.08. The van der Waals surface area contributed by atoms with Crippen molar-refractivity contribution in [3.8, 4) is 0 Å². The monoisotopic (exact) mass is 314 g/mol. The average Bonchev–Trinajstić information content (AvgIpc) is 3.36. The van der Waals surface area contributed by atoms with Crippen molar-refractivity contribution in [3.05, 3.63) is 59.6 Å². The molecule has 0 spiro atoms. The van der Waals surface area contributed by atoms with Crippen molar-refractivity contribution < 1.29 is 4.79 Å². The summed E-state index contributed by atoms with van der Waals surface area (Å²) in [5.74, 6) is 0.581. The molecule has 1 fully saturated rings. The summed E-state index contributed by atoms with van der Waals surface area (Å²) in [4.78, 5) is 14.6. The number of carbonyl (C=O) groups is 1. The van der Waals surface area contributed by atoms with Crippen LogP contribution in [0.4, 0.5) is 16.2 Å². The number of urea groups is 1. The Balaban J connectivity index is 1.85. The molecule has 0 bridgehead atoms. The molecule has 0 heterocycles. The molecule has 0 unspecified atom stereocenters. The minimum absolute atomic E-state index is 0.140. The maximum atomic E-state index is 12.8. The van der Waals surface area contributed by atoms with Gasteiger partial charge in [-0.1, -0.05) is 41.9 Å². The molecule has 1 saturated carbocycles. The van der Waals surface area contributed by atoms with Crippen LogP contribution in [0.1, 0.15) is 19.8 Å². The Morgan fingerprint density at radius 1 is 1.14 bits per heavy atom. The topological polar surface area (TPSA) is 32.3 Å². The molecule has 1 N–H and O–H groups in total. The van der Waals surface area contributed by atoms with Gasteiger partial charge in [0.05, 0.1) is 10.7 Å². The van der Waals surface area contributed by atoms with Crippen molar-refractivity contribution in [3.63, 3.8) is 0 Å². The molecular weight excluding hydrogens is 296 g/mol.